The van der Waals surface area contributed by atoms with Crippen LogP contribution in [0.4, 0.5) is 0 Å². The number of likely N-dealkylation sites (tertiary alicyclic amines) is 1. The summed E-state index contributed by atoms with van der Waals surface area (Å²) in [6.07, 6.45) is 4.23. The zero-order valence-electron chi connectivity index (χ0n) is 13.0. The number of aryl methyl sites for hydroxylation is 1. The van der Waals surface area contributed by atoms with Crippen molar-refractivity contribution in [3.8, 4) is 0 Å². The number of nitrogens with zero attached hydrogens (tertiary/aromatic N) is 3. The molecule has 0 aromatic carbocycles. The normalized spacial score (nSPS) is 21.7. The number of carbonyl (C=O) groups excluding carboxylic acids is 1. The Morgan fingerprint density at radius 1 is 1.60 bits per heavy atom. The van der Waals surface area contributed by atoms with Gasteiger partial charge in [0.1, 0.15) is 0 Å². The van der Waals surface area contributed by atoms with Gasteiger partial charge in [-0.25, -0.2) is 0 Å². The summed E-state index contributed by atoms with van der Waals surface area (Å²) in [7, 11) is 1.85. The monoisotopic (exact) mass is 278 g/mol. The highest BCUT2D eigenvalue weighted by Gasteiger charge is 2.21. The number of carbonyl (C=O) groups is 1. The van der Waals surface area contributed by atoms with Crippen LogP contribution in [-0.2, 0) is 7.05 Å². The first-order chi connectivity index (χ1) is 9.49. The van der Waals surface area contributed by atoms with Crippen molar-refractivity contribution < 1.29 is 4.79 Å². The molecular formula is C15H26N4O. The molecule has 0 aliphatic carbocycles. The molecule has 1 aromatic rings. The van der Waals surface area contributed by atoms with Crippen molar-refractivity contribution in [2.75, 3.05) is 19.6 Å². The van der Waals surface area contributed by atoms with E-state index in [2.05, 4.69) is 29.2 Å². The van der Waals surface area contributed by atoms with Gasteiger partial charge in [0.25, 0.3) is 5.91 Å². The second-order valence-corrected chi connectivity index (χ2v) is 6.07. The molecule has 1 amide bonds. The Morgan fingerprint density at radius 2 is 2.35 bits per heavy atom. The number of rotatable bonds is 4. The van der Waals surface area contributed by atoms with Gasteiger partial charge in [-0.05, 0) is 39.2 Å². The minimum Gasteiger partial charge on any atom is -0.350 e. The van der Waals surface area contributed by atoms with Gasteiger partial charge in [0.2, 0.25) is 0 Å². The lowest BCUT2D eigenvalue weighted by molar-refractivity contribution is 0.0917. The minimum absolute atomic E-state index is 0.0208. The molecule has 1 saturated heterocycles. The maximum Gasteiger partial charge on any atom is 0.254 e. The van der Waals surface area contributed by atoms with Gasteiger partial charge in [0, 0.05) is 31.9 Å². The predicted molar refractivity (Wildman–Crippen MR) is 79.7 cm³/mol. The number of amides is 1. The van der Waals surface area contributed by atoms with Crippen molar-refractivity contribution >= 4 is 5.91 Å². The summed E-state index contributed by atoms with van der Waals surface area (Å²) in [5.74, 6) is 0.745. The predicted octanol–water partition coefficient (Wildman–Crippen LogP) is 1.58. The van der Waals surface area contributed by atoms with Crippen molar-refractivity contribution in [2.45, 2.75) is 39.7 Å². The van der Waals surface area contributed by atoms with E-state index in [-0.39, 0.29) is 5.91 Å². The fourth-order valence-corrected chi connectivity index (χ4v) is 2.81. The van der Waals surface area contributed by atoms with Crippen LogP contribution in [0.5, 0.6) is 0 Å². The standard InChI is InChI=1S/C15H26N4O/c1-11-6-5-7-19(10-11)12(2)8-16-15(20)14-9-17-18(4)13(14)3/h9,11-12H,5-8,10H2,1-4H3,(H,16,20)/t11-,12-/m1/s1. The molecule has 20 heavy (non-hydrogen) atoms. The van der Waals surface area contributed by atoms with E-state index >= 15 is 0 Å². The third kappa shape index (κ3) is 3.39. The van der Waals surface area contributed by atoms with E-state index in [1.165, 1.54) is 12.8 Å². The van der Waals surface area contributed by atoms with Gasteiger partial charge in [0.05, 0.1) is 11.8 Å². The summed E-state index contributed by atoms with van der Waals surface area (Å²) in [4.78, 5) is 14.6. The number of nitrogens with one attached hydrogen (secondary N) is 1. The first-order valence-corrected chi connectivity index (χ1v) is 7.50. The fourth-order valence-electron chi connectivity index (χ4n) is 2.81. The first kappa shape index (κ1) is 15.0. The summed E-state index contributed by atoms with van der Waals surface area (Å²) in [6, 6.07) is 0.388. The molecule has 0 spiro atoms. The topological polar surface area (TPSA) is 50.2 Å². The Morgan fingerprint density at radius 3 is 2.95 bits per heavy atom. The SMILES string of the molecule is Cc1c(C(=O)NC[C@@H](C)N2CCC[C@@H](C)C2)cnn1C. The van der Waals surface area contributed by atoms with Gasteiger partial charge in [-0.2, -0.15) is 5.10 Å². The summed E-state index contributed by atoms with van der Waals surface area (Å²) in [5, 5.41) is 7.14. The molecule has 1 aliphatic rings. The zero-order chi connectivity index (χ0) is 14.7. The van der Waals surface area contributed by atoms with Crippen molar-refractivity contribution in [1.82, 2.24) is 20.0 Å². The minimum atomic E-state index is -0.0208. The molecule has 0 radical (unpaired) electrons. The third-order valence-corrected chi connectivity index (χ3v) is 4.35. The average molecular weight is 278 g/mol. The molecule has 5 heteroatoms. The van der Waals surface area contributed by atoms with Crippen molar-refractivity contribution in [1.29, 1.82) is 0 Å². The zero-order valence-corrected chi connectivity index (χ0v) is 13.0. The van der Waals surface area contributed by atoms with Gasteiger partial charge in [-0.3, -0.25) is 14.4 Å². The van der Waals surface area contributed by atoms with E-state index in [0.717, 1.165) is 24.7 Å². The molecule has 1 aliphatic heterocycles. The molecule has 0 unspecified atom stereocenters. The molecule has 2 heterocycles. The van der Waals surface area contributed by atoms with E-state index in [4.69, 9.17) is 0 Å². The summed E-state index contributed by atoms with van der Waals surface area (Å²) >= 11 is 0. The molecule has 1 fully saturated rings. The highest BCUT2D eigenvalue weighted by Crippen LogP contribution is 2.17. The molecule has 2 rings (SSSR count). The van der Waals surface area contributed by atoms with Crippen molar-refractivity contribution in [3.05, 3.63) is 17.5 Å². The second-order valence-electron chi connectivity index (χ2n) is 6.07. The van der Waals surface area contributed by atoms with E-state index in [1.807, 2.05) is 14.0 Å². The lowest BCUT2D eigenvalue weighted by Crippen LogP contribution is -2.46. The molecule has 112 valence electrons. The Bertz CT molecular complexity index is 468. The van der Waals surface area contributed by atoms with Gasteiger partial charge in [-0.1, -0.05) is 6.92 Å². The third-order valence-electron chi connectivity index (χ3n) is 4.35. The summed E-state index contributed by atoms with van der Waals surface area (Å²) in [5.41, 5.74) is 1.58. The van der Waals surface area contributed by atoms with Crippen LogP contribution in [0.25, 0.3) is 0 Å². The highest BCUT2D eigenvalue weighted by atomic mass is 16.1. The average Bonchev–Trinajstić information content (AvgIpc) is 2.76. The van der Waals surface area contributed by atoms with E-state index < -0.39 is 0 Å². The van der Waals surface area contributed by atoms with Gasteiger partial charge >= 0.3 is 0 Å². The van der Waals surface area contributed by atoms with E-state index in [1.54, 1.807) is 10.9 Å². The lowest BCUT2D eigenvalue weighted by Gasteiger charge is -2.35. The number of aromatic nitrogens is 2. The van der Waals surface area contributed by atoms with Crippen molar-refractivity contribution in [3.63, 3.8) is 0 Å². The van der Waals surface area contributed by atoms with Crippen molar-refractivity contribution in [2.24, 2.45) is 13.0 Å². The van der Waals surface area contributed by atoms with E-state index in [9.17, 15) is 4.79 Å². The molecule has 2 atom stereocenters. The fraction of sp³-hybridized carbons (Fsp3) is 0.733. The van der Waals surface area contributed by atoms with Crippen LogP contribution in [0.2, 0.25) is 0 Å². The van der Waals surface area contributed by atoms with Gasteiger partial charge in [0.15, 0.2) is 0 Å². The molecule has 0 bridgehead atoms. The van der Waals surface area contributed by atoms with E-state index in [0.29, 0.717) is 18.2 Å². The molecule has 1 aromatic heterocycles. The lowest BCUT2D eigenvalue weighted by atomic mass is 9.99. The van der Waals surface area contributed by atoms with Crippen LogP contribution in [0, 0.1) is 12.8 Å². The van der Waals surface area contributed by atoms with Gasteiger partial charge in [-0.15, -0.1) is 0 Å². The Labute approximate surface area is 121 Å². The Balaban J connectivity index is 1.85. The maximum atomic E-state index is 12.1. The first-order valence-electron chi connectivity index (χ1n) is 7.50. The molecule has 5 nitrogen and oxygen atoms in total. The van der Waals surface area contributed by atoms with Crippen LogP contribution < -0.4 is 5.32 Å². The van der Waals surface area contributed by atoms with Crippen LogP contribution in [0.3, 0.4) is 0 Å². The highest BCUT2D eigenvalue weighted by molar-refractivity contribution is 5.95. The number of hydrogen-bond acceptors (Lipinski definition) is 3. The smallest absolute Gasteiger partial charge is 0.254 e. The maximum absolute atomic E-state index is 12.1. The summed E-state index contributed by atoms with van der Waals surface area (Å²) < 4.78 is 1.73. The number of piperidine rings is 1. The molecule has 1 N–H and O–H groups in total. The largest absolute Gasteiger partial charge is 0.350 e. The number of hydrogen-bond donors (Lipinski definition) is 1. The summed E-state index contributed by atoms with van der Waals surface area (Å²) in [6.45, 7) is 9.39. The van der Waals surface area contributed by atoms with Crippen LogP contribution in [0.1, 0.15) is 42.7 Å². The molecule has 0 saturated carbocycles. The van der Waals surface area contributed by atoms with Crippen LogP contribution in [0.15, 0.2) is 6.20 Å². The second kappa shape index (κ2) is 6.39. The Kier molecular flexibility index (Phi) is 4.81. The van der Waals surface area contributed by atoms with Gasteiger partial charge < -0.3 is 5.32 Å². The molecular weight excluding hydrogens is 252 g/mol. The Hall–Kier alpha value is -1.36. The van der Waals surface area contributed by atoms with Crippen LogP contribution in [-0.4, -0.2) is 46.3 Å². The quantitative estimate of drug-likeness (QED) is 0.909. The van der Waals surface area contributed by atoms with Crippen LogP contribution >= 0.6 is 0 Å².